The first kappa shape index (κ1) is 18.7. The van der Waals surface area contributed by atoms with Gasteiger partial charge < -0.3 is 14.5 Å². The van der Waals surface area contributed by atoms with Gasteiger partial charge in [-0.15, -0.1) is 0 Å². The summed E-state index contributed by atoms with van der Waals surface area (Å²) < 4.78 is 4.99. The minimum atomic E-state index is -0.388. The first-order chi connectivity index (χ1) is 11.2. The molecule has 0 spiro atoms. The molecular weight excluding hydrogens is 308 g/mol. The second-order valence-electron chi connectivity index (χ2n) is 7.82. The lowest BCUT2D eigenvalue weighted by Gasteiger charge is -2.36. The number of piperidine rings is 1. The molecule has 24 heavy (non-hydrogen) atoms. The summed E-state index contributed by atoms with van der Waals surface area (Å²) in [5.74, 6) is -0.241. The van der Waals surface area contributed by atoms with E-state index in [1.807, 2.05) is 25.7 Å². The van der Waals surface area contributed by atoms with Gasteiger partial charge in [-0.05, 0) is 32.6 Å². The van der Waals surface area contributed by atoms with Crippen LogP contribution in [0.25, 0.3) is 0 Å². The Morgan fingerprint density at radius 1 is 1.08 bits per heavy atom. The third-order valence-corrected chi connectivity index (χ3v) is 4.65. The molecule has 0 aromatic heterocycles. The largest absolute Gasteiger partial charge is 0.465 e. The Hall–Kier alpha value is -1.59. The van der Waals surface area contributed by atoms with Crippen LogP contribution in [0.4, 0.5) is 0 Å². The quantitative estimate of drug-likeness (QED) is 0.717. The predicted molar refractivity (Wildman–Crippen MR) is 90.1 cm³/mol. The molecule has 1 heterocycles. The molecule has 0 aromatic carbocycles. The fourth-order valence-electron chi connectivity index (χ4n) is 3.16. The van der Waals surface area contributed by atoms with Crippen molar-refractivity contribution in [1.29, 1.82) is 0 Å². The Kier molecular flexibility index (Phi) is 5.88. The van der Waals surface area contributed by atoms with Gasteiger partial charge in [-0.25, -0.2) is 0 Å². The van der Waals surface area contributed by atoms with Crippen molar-refractivity contribution in [1.82, 2.24) is 9.80 Å². The Balaban J connectivity index is 1.91. The van der Waals surface area contributed by atoms with E-state index in [-0.39, 0.29) is 41.7 Å². The van der Waals surface area contributed by atoms with Crippen LogP contribution in [0.15, 0.2) is 0 Å². The van der Waals surface area contributed by atoms with Crippen LogP contribution in [0.5, 0.6) is 0 Å². The molecule has 2 aliphatic rings. The second kappa shape index (κ2) is 7.53. The van der Waals surface area contributed by atoms with Crippen molar-refractivity contribution in [3.8, 4) is 0 Å². The highest BCUT2D eigenvalue weighted by atomic mass is 16.5. The van der Waals surface area contributed by atoms with Gasteiger partial charge >= 0.3 is 5.97 Å². The maximum absolute atomic E-state index is 12.8. The Labute approximate surface area is 144 Å². The lowest BCUT2D eigenvalue weighted by atomic mass is 9.90. The number of carbonyl (C=O) groups excluding carboxylic acids is 3. The van der Waals surface area contributed by atoms with Crippen LogP contribution in [-0.2, 0) is 19.1 Å². The van der Waals surface area contributed by atoms with Crippen LogP contribution in [0.1, 0.15) is 53.4 Å². The summed E-state index contributed by atoms with van der Waals surface area (Å²) in [4.78, 5) is 40.5. The monoisotopic (exact) mass is 338 g/mol. The summed E-state index contributed by atoms with van der Waals surface area (Å²) in [5, 5.41) is 0. The maximum atomic E-state index is 12.8. The Bertz CT molecular complexity index is 486. The standard InChI is InChI=1S/C18H30N2O4/c1-5-24-15(21)12-20(14-6-7-14)16(22)13-8-10-19(11-9-13)17(23)18(2,3)4/h13-14H,5-12H2,1-4H3. The number of carbonyl (C=O) groups is 3. The van der Waals surface area contributed by atoms with Gasteiger partial charge in [0.05, 0.1) is 6.61 Å². The summed E-state index contributed by atoms with van der Waals surface area (Å²) in [6.45, 7) is 9.14. The van der Waals surface area contributed by atoms with E-state index in [0.717, 1.165) is 12.8 Å². The SMILES string of the molecule is CCOC(=O)CN(C(=O)C1CCN(C(=O)C(C)(C)C)CC1)C1CC1. The zero-order chi connectivity index (χ0) is 17.9. The molecule has 1 aliphatic heterocycles. The molecule has 136 valence electrons. The molecule has 0 N–H and O–H groups in total. The first-order valence-corrected chi connectivity index (χ1v) is 8.99. The van der Waals surface area contributed by atoms with Crippen molar-refractivity contribution in [2.75, 3.05) is 26.2 Å². The number of nitrogens with zero attached hydrogens (tertiary/aromatic N) is 2. The lowest BCUT2D eigenvalue weighted by molar-refractivity contribution is -0.152. The van der Waals surface area contributed by atoms with E-state index in [4.69, 9.17) is 4.74 Å². The molecule has 2 rings (SSSR count). The molecule has 1 saturated carbocycles. The predicted octanol–water partition coefficient (Wildman–Crippen LogP) is 1.83. The summed E-state index contributed by atoms with van der Waals surface area (Å²) in [6, 6.07) is 0.191. The zero-order valence-electron chi connectivity index (χ0n) is 15.3. The fourth-order valence-corrected chi connectivity index (χ4v) is 3.16. The van der Waals surface area contributed by atoms with Gasteiger partial charge in [0.15, 0.2) is 0 Å². The summed E-state index contributed by atoms with van der Waals surface area (Å²) in [7, 11) is 0. The van der Waals surface area contributed by atoms with Crippen LogP contribution < -0.4 is 0 Å². The molecular formula is C18H30N2O4. The second-order valence-corrected chi connectivity index (χ2v) is 7.82. The number of hydrogen-bond donors (Lipinski definition) is 0. The van der Waals surface area contributed by atoms with Gasteiger partial charge in [-0.3, -0.25) is 14.4 Å². The number of amides is 2. The average molecular weight is 338 g/mol. The molecule has 0 atom stereocenters. The van der Waals surface area contributed by atoms with Crippen LogP contribution in [0.2, 0.25) is 0 Å². The van der Waals surface area contributed by atoms with Crippen molar-refractivity contribution in [2.45, 2.75) is 59.4 Å². The minimum absolute atomic E-state index is 0.0495. The van der Waals surface area contributed by atoms with E-state index < -0.39 is 0 Å². The van der Waals surface area contributed by atoms with E-state index in [1.165, 1.54) is 0 Å². The zero-order valence-corrected chi connectivity index (χ0v) is 15.3. The summed E-state index contributed by atoms with van der Waals surface area (Å²) in [6.07, 6.45) is 3.28. The molecule has 0 unspecified atom stereocenters. The highest BCUT2D eigenvalue weighted by Gasteiger charge is 2.39. The molecule has 0 bridgehead atoms. The average Bonchev–Trinajstić information content (AvgIpc) is 3.35. The summed E-state index contributed by atoms with van der Waals surface area (Å²) >= 11 is 0. The highest BCUT2D eigenvalue weighted by Crippen LogP contribution is 2.31. The van der Waals surface area contributed by atoms with Gasteiger partial charge in [0, 0.05) is 30.5 Å². The van der Waals surface area contributed by atoms with Crippen LogP contribution in [-0.4, -0.2) is 59.9 Å². The molecule has 1 saturated heterocycles. The third kappa shape index (κ3) is 4.71. The van der Waals surface area contributed by atoms with Gasteiger partial charge in [-0.2, -0.15) is 0 Å². The number of esters is 1. The molecule has 0 radical (unpaired) electrons. The van der Waals surface area contributed by atoms with Gasteiger partial charge in [-0.1, -0.05) is 20.8 Å². The van der Waals surface area contributed by atoms with Crippen molar-refractivity contribution < 1.29 is 19.1 Å². The number of likely N-dealkylation sites (tertiary alicyclic amines) is 1. The van der Waals surface area contributed by atoms with E-state index in [0.29, 0.717) is 32.5 Å². The number of rotatable bonds is 5. The Morgan fingerprint density at radius 3 is 2.12 bits per heavy atom. The van der Waals surface area contributed by atoms with Gasteiger partial charge in [0.25, 0.3) is 0 Å². The smallest absolute Gasteiger partial charge is 0.325 e. The van der Waals surface area contributed by atoms with Gasteiger partial charge in [0.1, 0.15) is 6.54 Å². The lowest BCUT2D eigenvalue weighted by Crippen LogP contribution is -2.48. The van der Waals surface area contributed by atoms with Crippen molar-refractivity contribution in [3.63, 3.8) is 0 Å². The van der Waals surface area contributed by atoms with E-state index >= 15 is 0 Å². The van der Waals surface area contributed by atoms with Crippen LogP contribution in [0, 0.1) is 11.3 Å². The Morgan fingerprint density at radius 2 is 1.67 bits per heavy atom. The van der Waals surface area contributed by atoms with E-state index in [1.54, 1.807) is 11.8 Å². The van der Waals surface area contributed by atoms with E-state index in [2.05, 4.69) is 0 Å². The number of ether oxygens (including phenoxy) is 1. The van der Waals surface area contributed by atoms with Gasteiger partial charge in [0.2, 0.25) is 11.8 Å². The molecule has 6 heteroatoms. The van der Waals surface area contributed by atoms with E-state index in [9.17, 15) is 14.4 Å². The maximum Gasteiger partial charge on any atom is 0.325 e. The summed E-state index contributed by atoms with van der Waals surface area (Å²) in [5.41, 5.74) is -0.388. The number of hydrogen-bond acceptors (Lipinski definition) is 4. The highest BCUT2D eigenvalue weighted by molar-refractivity contribution is 5.85. The molecule has 0 aromatic rings. The molecule has 6 nitrogen and oxygen atoms in total. The molecule has 1 aliphatic carbocycles. The normalized spacial score (nSPS) is 19.1. The van der Waals surface area contributed by atoms with Crippen molar-refractivity contribution in [2.24, 2.45) is 11.3 Å². The van der Waals surface area contributed by atoms with Crippen LogP contribution in [0.3, 0.4) is 0 Å². The molecule has 2 amide bonds. The topological polar surface area (TPSA) is 66.9 Å². The van der Waals surface area contributed by atoms with Crippen molar-refractivity contribution in [3.05, 3.63) is 0 Å². The first-order valence-electron chi connectivity index (χ1n) is 8.99. The van der Waals surface area contributed by atoms with Crippen molar-refractivity contribution >= 4 is 17.8 Å². The third-order valence-electron chi connectivity index (χ3n) is 4.65. The molecule has 2 fully saturated rings. The van der Waals surface area contributed by atoms with Crippen LogP contribution >= 0.6 is 0 Å². The minimum Gasteiger partial charge on any atom is -0.465 e. The fraction of sp³-hybridized carbons (Fsp3) is 0.833.